The molecular formula is C14H17N3O2. The fourth-order valence-corrected chi connectivity index (χ4v) is 1.59. The third-order valence-corrected chi connectivity index (χ3v) is 2.91. The molecule has 0 aliphatic carbocycles. The Kier molecular flexibility index (Phi) is 3.94. The molecule has 0 aliphatic rings. The lowest BCUT2D eigenvalue weighted by Gasteiger charge is -2.11. The molecule has 5 nitrogen and oxygen atoms in total. The second kappa shape index (κ2) is 5.65. The number of aromatic nitrogens is 2. The van der Waals surface area contributed by atoms with E-state index in [1.54, 1.807) is 31.2 Å². The highest BCUT2D eigenvalue weighted by Crippen LogP contribution is 2.17. The minimum Gasteiger partial charge on any atom is -0.350 e. The molecular weight excluding hydrogens is 242 g/mol. The van der Waals surface area contributed by atoms with Crippen molar-refractivity contribution in [1.29, 1.82) is 0 Å². The molecule has 0 spiro atoms. The molecule has 1 atom stereocenters. The van der Waals surface area contributed by atoms with Crippen LogP contribution in [0.4, 0.5) is 0 Å². The highest BCUT2D eigenvalue weighted by molar-refractivity contribution is 5.94. The third-order valence-electron chi connectivity index (χ3n) is 2.91. The average molecular weight is 259 g/mol. The molecule has 0 radical (unpaired) electrons. The van der Waals surface area contributed by atoms with Crippen molar-refractivity contribution >= 4 is 5.91 Å². The molecule has 0 saturated carbocycles. The Morgan fingerprint density at radius 2 is 2.05 bits per heavy atom. The van der Waals surface area contributed by atoms with Crippen LogP contribution in [0.25, 0.3) is 11.5 Å². The molecule has 1 unspecified atom stereocenters. The van der Waals surface area contributed by atoms with Gasteiger partial charge in [-0.1, -0.05) is 12.1 Å². The van der Waals surface area contributed by atoms with Crippen LogP contribution in [0.15, 0.2) is 28.8 Å². The second-order valence-electron chi connectivity index (χ2n) is 4.51. The van der Waals surface area contributed by atoms with Crippen molar-refractivity contribution in [2.45, 2.75) is 33.2 Å². The van der Waals surface area contributed by atoms with Crippen LogP contribution in [0.3, 0.4) is 0 Å². The molecule has 5 heteroatoms. The topological polar surface area (TPSA) is 68.0 Å². The lowest BCUT2D eigenvalue weighted by atomic mass is 10.1. The van der Waals surface area contributed by atoms with E-state index >= 15 is 0 Å². The van der Waals surface area contributed by atoms with Gasteiger partial charge in [0.05, 0.1) is 0 Å². The first-order valence-electron chi connectivity index (χ1n) is 6.31. The first kappa shape index (κ1) is 13.3. The first-order valence-corrected chi connectivity index (χ1v) is 6.31. The van der Waals surface area contributed by atoms with Crippen molar-refractivity contribution in [3.8, 4) is 11.5 Å². The Morgan fingerprint density at radius 1 is 1.37 bits per heavy atom. The molecule has 0 fully saturated rings. The van der Waals surface area contributed by atoms with Crippen LogP contribution in [0, 0.1) is 6.92 Å². The monoisotopic (exact) mass is 259 g/mol. The van der Waals surface area contributed by atoms with Crippen LogP contribution < -0.4 is 5.32 Å². The lowest BCUT2D eigenvalue weighted by Crippen LogP contribution is -2.31. The summed E-state index contributed by atoms with van der Waals surface area (Å²) in [5.74, 6) is 0.989. The molecule has 1 heterocycles. The van der Waals surface area contributed by atoms with Gasteiger partial charge >= 0.3 is 0 Å². The summed E-state index contributed by atoms with van der Waals surface area (Å²) < 4.78 is 5.07. The third kappa shape index (κ3) is 3.19. The summed E-state index contributed by atoms with van der Waals surface area (Å²) in [6.45, 7) is 5.78. The number of rotatable bonds is 4. The van der Waals surface area contributed by atoms with Gasteiger partial charge in [-0.15, -0.1) is 0 Å². The van der Waals surface area contributed by atoms with Gasteiger partial charge in [-0.2, -0.15) is 4.98 Å². The maximum absolute atomic E-state index is 11.9. The smallest absolute Gasteiger partial charge is 0.257 e. The number of hydrogen-bond donors (Lipinski definition) is 1. The van der Waals surface area contributed by atoms with Crippen LogP contribution in [0.5, 0.6) is 0 Å². The van der Waals surface area contributed by atoms with E-state index in [9.17, 15) is 4.79 Å². The van der Waals surface area contributed by atoms with Gasteiger partial charge in [-0.3, -0.25) is 4.79 Å². The number of hydrogen-bond acceptors (Lipinski definition) is 4. The maximum Gasteiger partial charge on any atom is 0.257 e. The van der Waals surface area contributed by atoms with Gasteiger partial charge in [0.1, 0.15) is 0 Å². The van der Waals surface area contributed by atoms with Gasteiger partial charge < -0.3 is 9.84 Å². The standard InChI is InChI=1S/C14H17N3O2/c1-4-9(2)15-13(18)11-5-7-12(8-6-11)14-16-10(3)17-19-14/h5-9H,4H2,1-3H3,(H,15,18). The van der Waals surface area contributed by atoms with Crippen molar-refractivity contribution in [2.75, 3.05) is 0 Å². The number of carbonyl (C=O) groups excluding carboxylic acids is 1. The number of nitrogens with zero attached hydrogens (tertiary/aromatic N) is 2. The molecule has 2 rings (SSSR count). The van der Waals surface area contributed by atoms with E-state index in [4.69, 9.17) is 4.52 Å². The number of carbonyl (C=O) groups is 1. The van der Waals surface area contributed by atoms with Crippen molar-refractivity contribution in [3.05, 3.63) is 35.7 Å². The van der Waals surface area contributed by atoms with Crippen molar-refractivity contribution < 1.29 is 9.32 Å². The van der Waals surface area contributed by atoms with Crippen molar-refractivity contribution in [2.24, 2.45) is 0 Å². The van der Waals surface area contributed by atoms with Gasteiger partial charge in [-0.05, 0) is 44.5 Å². The summed E-state index contributed by atoms with van der Waals surface area (Å²) in [6.07, 6.45) is 0.908. The molecule has 1 amide bonds. The van der Waals surface area contributed by atoms with E-state index in [-0.39, 0.29) is 11.9 Å². The quantitative estimate of drug-likeness (QED) is 0.916. The number of nitrogens with one attached hydrogen (secondary N) is 1. The Labute approximate surface area is 112 Å². The molecule has 1 N–H and O–H groups in total. The summed E-state index contributed by atoms with van der Waals surface area (Å²) in [4.78, 5) is 16.0. The highest BCUT2D eigenvalue weighted by atomic mass is 16.5. The Balaban J connectivity index is 2.12. The van der Waals surface area contributed by atoms with Crippen LogP contribution in [-0.4, -0.2) is 22.1 Å². The number of aryl methyl sites for hydroxylation is 1. The van der Waals surface area contributed by atoms with E-state index in [0.29, 0.717) is 17.3 Å². The molecule has 0 aliphatic heterocycles. The Hall–Kier alpha value is -2.17. The van der Waals surface area contributed by atoms with Gasteiger partial charge in [0.25, 0.3) is 11.8 Å². The normalized spacial score (nSPS) is 12.2. The minimum atomic E-state index is -0.0670. The van der Waals surface area contributed by atoms with Gasteiger partial charge in [0, 0.05) is 17.2 Å². The van der Waals surface area contributed by atoms with Gasteiger partial charge in [0.15, 0.2) is 5.82 Å². The SMILES string of the molecule is CCC(C)NC(=O)c1ccc(-c2nc(C)no2)cc1. The van der Waals surface area contributed by atoms with E-state index in [0.717, 1.165) is 12.0 Å². The van der Waals surface area contributed by atoms with Gasteiger partial charge in [-0.25, -0.2) is 0 Å². The fourth-order valence-electron chi connectivity index (χ4n) is 1.59. The fraction of sp³-hybridized carbons (Fsp3) is 0.357. The zero-order valence-electron chi connectivity index (χ0n) is 11.3. The Morgan fingerprint density at radius 3 is 2.58 bits per heavy atom. The van der Waals surface area contributed by atoms with E-state index in [2.05, 4.69) is 15.5 Å². The zero-order chi connectivity index (χ0) is 13.8. The molecule has 0 saturated heterocycles. The predicted molar refractivity (Wildman–Crippen MR) is 71.7 cm³/mol. The lowest BCUT2D eigenvalue weighted by molar-refractivity contribution is 0.0939. The average Bonchev–Trinajstić information content (AvgIpc) is 2.85. The van der Waals surface area contributed by atoms with E-state index in [1.165, 1.54) is 0 Å². The van der Waals surface area contributed by atoms with Crippen LogP contribution in [0.2, 0.25) is 0 Å². The maximum atomic E-state index is 11.9. The second-order valence-corrected chi connectivity index (χ2v) is 4.51. The summed E-state index contributed by atoms with van der Waals surface area (Å²) in [6, 6.07) is 7.29. The first-order chi connectivity index (χ1) is 9.10. The van der Waals surface area contributed by atoms with Crippen LogP contribution in [-0.2, 0) is 0 Å². The summed E-state index contributed by atoms with van der Waals surface area (Å²) in [5.41, 5.74) is 1.43. The molecule has 100 valence electrons. The molecule has 2 aromatic rings. The van der Waals surface area contributed by atoms with E-state index < -0.39 is 0 Å². The Bertz CT molecular complexity index is 560. The predicted octanol–water partition coefficient (Wildman–Crippen LogP) is 2.57. The molecule has 1 aromatic heterocycles. The molecule has 1 aromatic carbocycles. The van der Waals surface area contributed by atoms with E-state index in [1.807, 2.05) is 13.8 Å². The summed E-state index contributed by atoms with van der Waals surface area (Å²) >= 11 is 0. The van der Waals surface area contributed by atoms with Crippen LogP contribution in [0.1, 0.15) is 36.5 Å². The van der Waals surface area contributed by atoms with Crippen molar-refractivity contribution in [1.82, 2.24) is 15.5 Å². The minimum absolute atomic E-state index is 0.0670. The molecule has 0 bridgehead atoms. The van der Waals surface area contributed by atoms with Gasteiger partial charge in [0.2, 0.25) is 0 Å². The summed E-state index contributed by atoms with van der Waals surface area (Å²) in [7, 11) is 0. The summed E-state index contributed by atoms with van der Waals surface area (Å²) in [5, 5.41) is 6.65. The zero-order valence-corrected chi connectivity index (χ0v) is 11.3. The number of amides is 1. The largest absolute Gasteiger partial charge is 0.350 e. The molecule has 19 heavy (non-hydrogen) atoms. The van der Waals surface area contributed by atoms with Crippen molar-refractivity contribution in [3.63, 3.8) is 0 Å². The highest BCUT2D eigenvalue weighted by Gasteiger charge is 2.10. The number of benzene rings is 1. The van der Waals surface area contributed by atoms with Crippen LogP contribution >= 0.6 is 0 Å².